The summed E-state index contributed by atoms with van der Waals surface area (Å²) in [5, 5.41) is 4.10. The molecular formula is C16H24ClNO. The average molecular weight is 282 g/mol. The summed E-state index contributed by atoms with van der Waals surface area (Å²) in [5.41, 5.74) is 1.16. The molecule has 0 saturated heterocycles. The largest absolute Gasteiger partial charge is 0.308 e. The molecule has 0 aliphatic carbocycles. The van der Waals surface area contributed by atoms with E-state index in [1.807, 2.05) is 39.0 Å². The van der Waals surface area contributed by atoms with E-state index in [2.05, 4.69) is 11.4 Å². The monoisotopic (exact) mass is 281 g/mol. The zero-order valence-corrected chi connectivity index (χ0v) is 12.8. The molecule has 0 amide bonds. The summed E-state index contributed by atoms with van der Waals surface area (Å²) < 4.78 is 0. The maximum atomic E-state index is 12.1. The third-order valence-corrected chi connectivity index (χ3v) is 3.63. The molecule has 1 unspecified atom stereocenters. The van der Waals surface area contributed by atoms with Crippen LogP contribution in [0.2, 0.25) is 5.02 Å². The smallest absolute Gasteiger partial charge is 0.152 e. The summed E-state index contributed by atoms with van der Waals surface area (Å²) in [4.78, 5) is 12.1. The molecule has 0 aliphatic heterocycles. The lowest BCUT2D eigenvalue weighted by Crippen LogP contribution is -2.39. The molecule has 19 heavy (non-hydrogen) atoms. The molecule has 2 nitrogen and oxygen atoms in total. The molecule has 0 saturated carbocycles. The third kappa shape index (κ3) is 5.33. The lowest BCUT2D eigenvalue weighted by atomic mass is 9.96. The van der Waals surface area contributed by atoms with Crippen molar-refractivity contribution in [3.63, 3.8) is 0 Å². The van der Waals surface area contributed by atoms with Crippen molar-refractivity contribution in [2.24, 2.45) is 5.92 Å². The van der Waals surface area contributed by atoms with Crippen LogP contribution in [0.3, 0.4) is 0 Å². The molecule has 0 spiro atoms. The molecule has 1 atom stereocenters. The summed E-state index contributed by atoms with van der Waals surface area (Å²) in [6, 6.07) is 7.89. The van der Waals surface area contributed by atoms with Crippen molar-refractivity contribution >= 4 is 17.4 Å². The molecule has 0 radical (unpaired) electrons. The van der Waals surface area contributed by atoms with Gasteiger partial charge in [-0.2, -0.15) is 0 Å². The van der Waals surface area contributed by atoms with Crippen molar-refractivity contribution in [1.29, 1.82) is 0 Å². The van der Waals surface area contributed by atoms with Gasteiger partial charge in [-0.05, 0) is 37.4 Å². The fourth-order valence-corrected chi connectivity index (χ4v) is 2.42. The Morgan fingerprint density at radius 3 is 2.58 bits per heavy atom. The van der Waals surface area contributed by atoms with Crippen molar-refractivity contribution < 1.29 is 4.79 Å². The Labute approximate surface area is 121 Å². The molecule has 0 aromatic heterocycles. The zero-order chi connectivity index (χ0) is 14.3. The van der Waals surface area contributed by atoms with Gasteiger partial charge in [-0.15, -0.1) is 0 Å². The first-order valence-corrected chi connectivity index (χ1v) is 7.44. The number of hydrogen-bond acceptors (Lipinski definition) is 2. The Hall–Kier alpha value is -0.860. The summed E-state index contributed by atoms with van der Waals surface area (Å²) in [7, 11) is 0. The number of nitrogens with one attached hydrogen (secondary N) is 1. The quantitative estimate of drug-likeness (QED) is 0.784. The number of aryl methyl sites for hydroxylation is 1. The van der Waals surface area contributed by atoms with E-state index in [0.717, 1.165) is 36.4 Å². The Morgan fingerprint density at radius 2 is 2.00 bits per heavy atom. The van der Waals surface area contributed by atoms with Gasteiger partial charge in [0, 0.05) is 10.9 Å². The van der Waals surface area contributed by atoms with Gasteiger partial charge in [-0.3, -0.25) is 4.79 Å². The minimum Gasteiger partial charge on any atom is -0.308 e. The highest BCUT2D eigenvalue weighted by atomic mass is 35.5. The summed E-state index contributed by atoms with van der Waals surface area (Å²) in [5.74, 6) is 0.394. The maximum absolute atomic E-state index is 12.1. The summed E-state index contributed by atoms with van der Waals surface area (Å²) in [6.45, 7) is 6.78. The molecule has 0 heterocycles. The van der Waals surface area contributed by atoms with E-state index in [9.17, 15) is 4.79 Å². The number of likely N-dealkylation sites (N-methyl/N-ethyl adjacent to an activating group) is 1. The highest BCUT2D eigenvalue weighted by Crippen LogP contribution is 2.18. The van der Waals surface area contributed by atoms with Crippen LogP contribution < -0.4 is 5.32 Å². The van der Waals surface area contributed by atoms with E-state index >= 15 is 0 Å². The topological polar surface area (TPSA) is 29.1 Å². The van der Waals surface area contributed by atoms with Crippen molar-refractivity contribution in [3.8, 4) is 0 Å². The van der Waals surface area contributed by atoms with Crippen LogP contribution in [0.15, 0.2) is 24.3 Å². The van der Waals surface area contributed by atoms with Gasteiger partial charge < -0.3 is 5.32 Å². The van der Waals surface area contributed by atoms with Crippen molar-refractivity contribution in [2.45, 2.75) is 46.1 Å². The van der Waals surface area contributed by atoms with Crippen molar-refractivity contribution in [2.75, 3.05) is 6.54 Å². The van der Waals surface area contributed by atoms with Gasteiger partial charge in [0.1, 0.15) is 0 Å². The number of rotatable bonds is 8. The molecule has 0 aliphatic rings. The molecule has 106 valence electrons. The highest BCUT2D eigenvalue weighted by Gasteiger charge is 2.19. The Morgan fingerprint density at radius 1 is 1.32 bits per heavy atom. The van der Waals surface area contributed by atoms with Crippen LogP contribution >= 0.6 is 11.6 Å². The molecule has 1 aromatic rings. The molecule has 1 N–H and O–H groups in total. The Kier molecular flexibility index (Phi) is 7.11. The van der Waals surface area contributed by atoms with E-state index in [1.54, 1.807) is 0 Å². The van der Waals surface area contributed by atoms with E-state index < -0.39 is 0 Å². The standard InChI is InChI=1S/C16H24ClNO/c1-4-18-15(16(19)12(2)3)11-7-9-13-8-5-6-10-14(13)17/h5-6,8,10,12,15,18H,4,7,9,11H2,1-3H3. The molecule has 1 rings (SSSR count). The lowest BCUT2D eigenvalue weighted by Gasteiger charge is -2.18. The average Bonchev–Trinajstić information content (AvgIpc) is 2.39. The fourth-order valence-electron chi connectivity index (χ4n) is 2.19. The van der Waals surface area contributed by atoms with E-state index in [-0.39, 0.29) is 12.0 Å². The molecule has 0 fully saturated rings. The predicted octanol–water partition coefficient (Wildman–Crippen LogP) is 3.87. The zero-order valence-electron chi connectivity index (χ0n) is 12.1. The van der Waals surface area contributed by atoms with Gasteiger partial charge in [0.15, 0.2) is 5.78 Å². The second-order valence-electron chi connectivity index (χ2n) is 5.15. The number of carbonyl (C=O) groups excluding carboxylic acids is 1. The Bertz CT molecular complexity index is 403. The predicted molar refractivity (Wildman–Crippen MR) is 81.7 cm³/mol. The van der Waals surface area contributed by atoms with Crippen LogP contribution in [0.4, 0.5) is 0 Å². The molecular weight excluding hydrogens is 258 g/mol. The summed E-state index contributed by atoms with van der Waals surface area (Å²) >= 11 is 6.13. The minimum atomic E-state index is -0.0208. The molecule has 1 aromatic carbocycles. The molecule has 0 bridgehead atoms. The van der Waals surface area contributed by atoms with Crippen LogP contribution in [0, 0.1) is 5.92 Å². The highest BCUT2D eigenvalue weighted by molar-refractivity contribution is 6.31. The first-order chi connectivity index (χ1) is 9.06. The number of benzene rings is 1. The number of carbonyl (C=O) groups is 1. The van der Waals surface area contributed by atoms with Gasteiger partial charge in [0.05, 0.1) is 6.04 Å². The number of Topliss-reactive ketones (excluding diaryl/α,β-unsaturated/α-hetero) is 1. The Balaban J connectivity index is 2.49. The van der Waals surface area contributed by atoms with E-state index in [4.69, 9.17) is 11.6 Å². The minimum absolute atomic E-state index is 0.0208. The maximum Gasteiger partial charge on any atom is 0.152 e. The second kappa shape index (κ2) is 8.34. The number of halogens is 1. The fraction of sp³-hybridized carbons (Fsp3) is 0.562. The van der Waals surface area contributed by atoms with Crippen LogP contribution in [0.25, 0.3) is 0 Å². The van der Waals surface area contributed by atoms with E-state index in [0.29, 0.717) is 5.78 Å². The lowest BCUT2D eigenvalue weighted by molar-refractivity contribution is -0.124. The van der Waals surface area contributed by atoms with Crippen molar-refractivity contribution in [1.82, 2.24) is 5.32 Å². The van der Waals surface area contributed by atoms with Gasteiger partial charge in [-0.25, -0.2) is 0 Å². The first-order valence-electron chi connectivity index (χ1n) is 7.06. The van der Waals surface area contributed by atoms with Gasteiger partial charge in [0.25, 0.3) is 0 Å². The third-order valence-electron chi connectivity index (χ3n) is 3.26. The normalized spacial score (nSPS) is 12.7. The number of ketones is 1. The van der Waals surface area contributed by atoms with Gasteiger partial charge in [0.2, 0.25) is 0 Å². The van der Waals surface area contributed by atoms with Crippen molar-refractivity contribution in [3.05, 3.63) is 34.9 Å². The second-order valence-corrected chi connectivity index (χ2v) is 5.56. The van der Waals surface area contributed by atoms with Gasteiger partial charge in [-0.1, -0.05) is 50.6 Å². The molecule has 3 heteroatoms. The van der Waals surface area contributed by atoms with Crippen LogP contribution in [-0.2, 0) is 11.2 Å². The SMILES string of the molecule is CCNC(CCCc1ccccc1Cl)C(=O)C(C)C. The summed E-state index contributed by atoms with van der Waals surface area (Å²) in [6.07, 6.45) is 2.77. The number of hydrogen-bond donors (Lipinski definition) is 1. The van der Waals surface area contributed by atoms with Crippen LogP contribution in [0.5, 0.6) is 0 Å². The van der Waals surface area contributed by atoms with Crippen LogP contribution in [-0.4, -0.2) is 18.4 Å². The van der Waals surface area contributed by atoms with Gasteiger partial charge >= 0.3 is 0 Å². The van der Waals surface area contributed by atoms with E-state index in [1.165, 1.54) is 0 Å². The van der Waals surface area contributed by atoms with Crippen LogP contribution in [0.1, 0.15) is 39.2 Å². The first kappa shape index (κ1) is 16.2.